The predicted octanol–water partition coefficient (Wildman–Crippen LogP) is 16.7. The predicted molar refractivity (Wildman–Crippen MR) is 309 cm³/mol. The third-order valence-corrected chi connectivity index (χ3v) is 14.4. The number of nitrogens with zero attached hydrogens (tertiary/aromatic N) is 4. The number of hydrogen-bond acceptors (Lipinski definition) is 4. The Morgan fingerprint density at radius 3 is 1.00 bits per heavy atom. The van der Waals surface area contributed by atoms with Crippen LogP contribution in [0.3, 0.4) is 0 Å². The Kier molecular flexibility index (Phi) is 16.3. The molecule has 0 bridgehead atoms. The van der Waals surface area contributed by atoms with Gasteiger partial charge in [0, 0.05) is 98.2 Å². The Morgan fingerprint density at radius 1 is 0.292 bits per heavy atom. The molecule has 362 valence electrons. The molecule has 0 heterocycles. The summed E-state index contributed by atoms with van der Waals surface area (Å²) in [5.74, 6) is 0. The standard InChI is InChI=1S/C68H70N4/c1-6-69(48-53-30-14-10-15-31-53)64-42-26-22-38-57(64)46-62-52(5)61(58-39-23-27-43-65(58)70(7-2)49-54-32-16-11-17-33-54)47-63(59-40-24-28-44-66(59)71(8-3)50-55-34-18-12-19-35-55)68(62)60-41-25-29-45-67(60)72(9-4)51-56-36-20-13-21-37-56/h10-45,47H,6-9,46,48-51H2,1-5H3. The van der Waals surface area contributed by atoms with Gasteiger partial charge >= 0.3 is 0 Å². The molecule has 0 aromatic heterocycles. The smallest absolute Gasteiger partial charge is 0.0449 e. The average molecular weight is 943 g/mol. The van der Waals surface area contributed by atoms with Crippen molar-refractivity contribution in [3.8, 4) is 33.4 Å². The molecule has 0 aliphatic carbocycles. The molecule has 0 saturated heterocycles. The first kappa shape index (κ1) is 49.2. The minimum absolute atomic E-state index is 0.746. The molecular formula is C68H70N4. The zero-order valence-electron chi connectivity index (χ0n) is 43.0. The van der Waals surface area contributed by atoms with Crippen LogP contribution < -0.4 is 19.6 Å². The molecule has 9 aromatic carbocycles. The second-order valence-electron chi connectivity index (χ2n) is 18.8. The third kappa shape index (κ3) is 11.2. The minimum atomic E-state index is 0.746. The summed E-state index contributed by atoms with van der Waals surface area (Å²) in [5, 5.41) is 0. The lowest BCUT2D eigenvalue weighted by Crippen LogP contribution is -2.24. The fraction of sp³-hybridized carbons (Fsp3) is 0.206. The molecule has 0 fully saturated rings. The van der Waals surface area contributed by atoms with Crippen LogP contribution in [0.25, 0.3) is 33.4 Å². The van der Waals surface area contributed by atoms with Crippen molar-refractivity contribution in [2.75, 3.05) is 45.8 Å². The third-order valence-electron chi connectivity index (χ3n) is 14.4. The molecule has 9 rings (SSSR count). The SMILES string of the molecule is CCN(Cc1ccccc1)c1ccccc1Cc1c(C)c(-c2ccccc2N(CC)Cc2ccccc2)cc(-c2ccccc2N(CC)Cc2ccccc2)c1-c1ccccc1N(CC)Cc1ccccc1. The van der Waals surface area contributed by atoms with Crippen LogP contribution in [-0.2, 0) is 32.6 Å². The molecule has 0 aliphatic rings. The van der Waals surface area contributed by atoms with E-state index in [1.807, 2.05) is 0 Å². The monoisotopic (exact) mass is 943 g/mol. The van der Waals surface area contributed by atoms with Gasteiger partial charge in [-0.15, -0.1) is 0 Å². The topological polar surface area (TPSA) is 13.0 Å². The summed E-state index contributed by atoms with van der Waals surface area (Å²) < 4.78 is 0. The summed E-state index contributed by atoms with van der Waals surface area (Å²) in [6.45, 7) is 18.3. The van der Waals surface area contributed by atoms with Gasteiger partial charge in [-0.1, -0.05) is 194 Å². The van der Waals surface area contributed by atoms with Gasteiger partial charge in [-0.25, -0.2) is 0 Å². The van der Waals surface area contributed by atoms with E-state index in [0.717, 1.165) is 58.8 Å². The minimum Gasteiger partial charge on any atom is -0.367 e. The fourth-order valence-corrected chi connectivity index (χ4v) is 10.6. The van der Waals surface area contributed by atoms with Gasteiger partial charge in [-0.2, -0.15) is 0 Å². The van der Waals surface area contributed by atoms with Gasteiger partial charge in [0.05, 0.1) is 0 Å². The Labute approximate surface area is 430 Å². The van der Waals surface area contributed by atoms with Crippen molar-refractivity contribution >= 4 is 22.7 Å². The van der Waals surface area contributed by atoms with Crippen molar-refractivity contribution in [2.24, 2.45) is 0 Å². The maximum Gasteiger partial charge on any atom is 0.0449 e. The van der Waals surface area contributed by atoms with Crippen molar-refractivity contribution in [3.63, 3.8) is 0 Å². The van der Waals surface area contributed by atoms with Crippen molar-refractivity contribution in [1.29, 1.82) is 0 Å². The average Bonchev–Trinajstić information content (AvgIpc) is 3.44. The molecule has 0 amide bonds. The van der Waals surface area contributed by atoms with Crippen LogP contribution in [0.4, 0.5) is 22.7 Å². The van der Waals surface area contributed by atoms with Crippen molar-refractivity contribution in [3.05, 3.63) is 263 Å². The number of rotatable bonds is 21. The van der Waals surface area contributed by atoms with Crippen LogP contribution in [0.5, 0.6) is 0 Å². The lowest BCUT2D eigenvalue weighted by molar-refractivity contribution is 0.824. The van der Waals surface area contributed by atoms with E-state index in [0.29, 0.717) is 0 Å². The van der Waals surface area contributed by atoms with E-state index in [-0.39, 0.29) is 0 Å². The summed E-state index contributed by atoms with van der Waals surface area (Å²) in [6, 6.07) is 82.9. The number of anilines is 4. The quantitative estimate of drug-likeness (QED) is 0.0712. The Morgan fingerprint density at radius 2 is 0.597 bits per heavy atom. The van der Waals surface area contributed by atoms with Crippen molar-refractivity contribution in [1.82, 2.24) is 0 Å². The highest BCUT2D eigenvalue weighted by Crippen LogP contribution is 2.49. The van der Waals surface area contributed by atoms with Gasteiger partial charge in [-0.3, -0.25) is 0 Å². The molecule has 9 aromatic rings. The largest absolute Gasteiger partial charge is 0.367 e. The van der Waals surface area contributed by atoms with Crippen molar-refractivity contribution < 1.29 is 0 Å². The van der Waals surface area contributed by atoms with E-state index in [9.17, 15) is 0 Å². The molecule has 4 heteroatoms. The first-order valence-corrected chi connectivity index (χ1v) is 26.2. The highest BCUT2D eigenvalue weighted by Gasteiger charge is 2.27. The number of hydrogen-bond donors (Lipinski definition) is 0. The molecule has 0 aliphatic heterocycles. The zero-order valence-corrected chi connectivity index (χ0v) is 43.0. The molecule has 0 spiro atoms. The van der Waals surface area contributed by atoms with Gasteiger partial charge in [0.1, 0.15) is 0 Å². The first-order chi connectivity index (χ1) is 35.5. The molecule has 0 N–H and O–H groups in total. The Hall–Kier alpha value is -7.82. The van der Waals surface area contributed by atoms with E-state index in [1.165, 1.54) is 95.1 Å². The molecule has 0 saturated carbocycles. The molecule has 0 unspecified atom stereocenters. The summed E-state index contributed by atoms with van der Waals surface area (Å²) in [4.78, 5) is 10.2. The summed E-state index contributed by atoms with van der Waals surface area (Å²) in [7, 11) is 0. The first-order valence-electron chi connectivity index (χ1n) is 26.2. The van der Waals surface area contributed by atoms with Crippen LogP contribution in [0, 0.1) is 6.92 Å². The van der Waals surface area contributed by atoms with Crippen molar-refractivity contribution in [2.45, 2.75) is 67.2 Å². The Balaban J connectivity index is 1.34. The van der Waals surface area contributed by atoms with E-state index in [4.69, 9.17) is 0 Å². The molecular weight excluding hydrogens is 873 g/mol. The van der Waals surface area contributed by atoms with Gasteiger partial charge in [0.15, 0.2) is 0 Å². The molecule has 4 nitrogen and oxygen atoms in total. The van der Waals surface area contributed by atoms with E-state index in [1.54, 1.807) is 0 Å². The molecule has 72 heavy (non-hydrogen) atoms. The van der Waals surface area contributed by atoms with Crippen LogP contribution in [0.1, 0.15) is 66.6 Å². The van der Waals surface area contributed by atoms with Gasteiger partial charge in [-0.05, 0) is 121 Å². The maximum atomic E-state index is 2.56. The maximum absolute atomic E-state index is 2.56. The van der Waals surface area contributed by atoms with Gasteiger partial charge in [0.25, 0.3) is 0 Å². The lowest BCUT2D eigenvalue weighted by Gasteiger charge is -2.32. The van der Waals surface area contributed by atoms with Gasteiger partial charge < -0.3 is 19.6 Å². The second kappa shape index (κ2) is 23.9. The van der Waals surface area contributed by atoms with E-state index in [2.05, 4.69) is 279 Å². The van der Waals surface area contributed by atoms with Crippen LogP contribution in [0.2, 0.25) is 0 Å². The second-order valence-corrected chi connectivity index (χ2v) is 18.8. The van der Waals surface area contributed by atoms with Crippen LogP contribution in [0.15, 0.2) is 224 Å². The van der Waals surface area contributed by atoms with Crippen LogP contribution in [-0.4, -0.2) is 26.2 Å². The Bertz CT molecular complexity index is 3130. The highest BCUT2D eigenvalue weighted by atomic mass is 15.1. The molecule has 0 atom stereocenters. The number of benzene rings is 9. The highest BCUT2D eigenvalue weighted by molar-refractivity contribution is 5.99. The summed E-state index contributed by atoms with van der Waals surface area (Å²) in [5.41, 5.74) is 21.7. The van der Waals surface area contributed by atoms with Gasteiger partial charge in [0.2, 0.25) is 0 Å². The lowest BCUT2D eigenvalue weighted by atomic mass is 9.80. The molecule has 0 radical (unpaired) electrons. The van der Waals surface area contributed by atoms with E-state index < -0.39 is 0 Å². The zero-order chi connectivity index (χ0) is 49.7. The van der Waals surface area contributed by atoms with Crippen LogP contribution >= 0.6 is 0 Å². The van der Waals surface area contributed by atoms with E-state index >= 15 is 0 Å². The normalized spacial score (nSPS) is 11.1. The number of para-hydroxylation sites is 4. The fourth-order valence-electron chi connectivity index (χ4n) is 10.6. The summed E-state index contributed by atoms with van der Waals surface area (Å²) in [6.07, 6.45) is 0.746. The summed E-state index contributed by atoms with van der Waals surface area (Å²) >= 11 is 0.